The molecule has 1 N–H and O–H groups in total. The van der Waals surface area contributed by atoms with Crippen molar-refractivity contribution >= 4 is 27.5 Å². The van der Waals surface area contributed by atoms with E-state index in [1.165, 1.54) is 11.3 Å². The summed E-state index contributed by atoms with van der Waals surface area (Å²) in [5, 5.41) is 0. The summed E-state index contributed by atoms with van der Waals surface area (Å²) in [6.45, 7) is 8.96. The third-order valence-corrected chi connectivity index (χ3v) is 8.10. The summed E-state index contributed by atoms with van der Waals surface area (Å²) in [5.41, 5.74) is 2.46. The molecule has 0 aliphatic carbocycles. The molecule has 0 unspecified atom stereocenters. The molecule has 3 aromatic rings. The summed E-state index contributed by atoms with van der Waals surface area (Å²) in [5.74, 6) is 1.31. The van der Waals surface area contributed by atoms with Crippen LogP contribution in [0.1, 0.15) is 49.9 Å². The second kappa shape index (κ2) is 11.0. The van der Waals surface area contributed by atoms with Crippen LogP contribution in [-0.2, 0) is 27.7 Å². The fraction of sp³-hybridized carbons (Fsp3) is 0.417. The zero-order chi connectivity index (χ0) is 24.0. The molecule has 178 valence electrons. The maximum Gasteiger partial charge on any atom is 0.421 e. The van der Waals surface area contributed by atoms with Gasteiger partial charge >= 0.3 is 6.09 Å². The van der Waals surface area contributed by atoms with E-state index in [1.807, 2.05) is 54.9 Å². The first kappa shape index (κ1) is 25.0. The minimum atomic E-state index is -4.07. The van der Waals surface area contributed by atoms with Crippen molar-refractivity contribution in [2.45, 2.75) is 57.7 Å². The molecule has 0 bridgehead atoms. The highest BCUT2D eigenvalue weighted by molar-refractivity contribution is 7.92. The molecule has 1 aromatic carbocycles. The number of carbonyl (C=O) groups excluding carboxylic acids is 1. The van der Waals surface area contributed by atoms with Crippen molar-refractivity contribution in [2.75, 3.05) is 6.61 Å². The summed E-state index contributed by atoms with van der Waals surface area (Å²) >= 11 is 1.20. The Balaban J connectivity index is 1.88. The van der Waals surface area contributed by atoms with Gasteiger partial charge in [-0.1, -0.05) is 51.5 Å². The monoisotopic (exact) mass is 489 g/mol. The highest BCUT2D eigenvalue weighted by Gasteiger charge is 2.26. The summed E-state index contributed by atoms with van der Waals surface area (Å²) in [4.78, 5) is 17.2. The van der Waals surface area contributed by atoms with Gasteiger partial charge in [0.1, 0.15) is 10.0 Å². The standard InChI is InChI=1S/C24H31N3O4S2/c1-5-6-13-31-24(28)26-33(29,30)23-22(15-21(32-23)14-17(2)3)20-9-7-19(8-10-20)16-27-12-11-25-18(27)4/h7-12,15,17H,5-6,13-14,16H2,1-4H3,(H,26,28). The number of carbonyl (C=O) groups is 1. The molecule has 7 nitrogen and oxygen atoms in total. The van der Waals surface area contributed by atoms with Gasteiger partial charge in [0.2, 0.25) is 0 Å². The number of ether oxygens (including phenoxy) is 1. The number of unbranched alkanes of at least 4 members (excludes halogenated alkanes) is 1. The Morgan fingerprint density at radius 2 is 1.97 bits per heavy atom. The molecule has 33 heavy (non-hydrogen) atoms. The van der Waals surface area contributed by atoms with Crippen molar-refractivity contribution in [1.29, 1.82) is 0 Å². The van der Waals surface area contributed by atoms with Crippen molar-refractivity contribution < 1.29 is 17.9 Å². The van der Waals surface area contributed by atoms with Gasteiger partial charge in [-0.25, -0.2) is 22.9 Å². The first-order valence-electron chi connectivity index (χ1n) is 11.1. The van der Waals surface area contributed by atoms with Crippen molar-refractivity contribution in [1.82, 2.24) is 14.3 Å². The van der Waals surface area contributed by atoms with Gasteiger partial charge in [0.05, 0.1) is 6.61 Å². The number of hydrogen-bond acceptors (Lipinski definition) is 6. The smallest absolute Gasteiger partial charge is 0.421 e. The Morgan fingerprint density at radius 3 is 2.58 bits per heavy atom. The van der Waals surface area contributed by atoms with Gasteiger partial charge in [-0.05, 0) is 42.9 Å². The summed E-state index contributed by atoms with van der Waals surface area (Å²) in [7, 11) is -4.07. The van der Waals surface area contributed by atoms with E-state index in [-0.39, 0.29) is 10.8 Å². The highest BCUT2D eigenvalue weighted by atomic mass is 32.2. The summed E-state index contributed by atoms with van der Waals surface area (Å²) < 4.78 is 35.4. The fourth-order valence-electron chi connectivity index (χ4n) is 3.38. The normalized spacial score (nSPS) is 11.7. The van der Waals surface area contributed by atoms with E-state index in [9.17, 15) is 13.2 Å². The fourth-order valence-corrected chi connectivity index (χ4v) is 6.22. The van der Waals surface area contributed by atoms with Crippen LogP contribution in [0.3, 0.4) is 0 Å². The minimum Gasteiger partial charge on any atom is -0.449 e. The van der Waals surface area contributed by atoms with Crippen LogP contribution in [-0.4, -0.2) is 30.7 Å². The topological polar surface area (TPSA) is 90.3 Å². The minimum absolute atomic E-state index is 0.129. The third kappa shape index (κ3) is 6.68. The van der Waals surface area contributed by atoms with E-state index in [0.29, 0.717) is 24.4 Å². The summed E-state index contributed by atoms with van der Waals surface area (Å²) in [6.07, 6.45) is 5.04. The first-order valence-corrected chi connectivity index (χ1v) is 13.4. The molecule has 9 heteroatoms. The second-order valence-electron chi connectivity index (χ2n) is 8.41. The molecule has 0 aliphatic rings. The van der Waals surface area contributed by atoms with E-state index in [1.54, 1.807) is 6.20 Å². The largest absolute Gasteiger partial charge is 0.449 e. The zero-order valence-electron chi connectivity index (χ0n) is 19.5. The SMILES string of the molecule is CCCCOC(=O)NS(=O)(=O)c1sc(CC(C)C)cc1-c1ccc(Cn2ccnc2C)cc1. The predicted octanol–water partition coefficient (Wildman–Crippen LogP) is 5.38. The van der Waals surface area contributed by atoms with Gasteiger partial charge in [0.25, 0.3) is 10.0 Å². The van der Waals surface area contributed by atoms with Crippen molar-refractivity contribution in [3.05, 3.63) is 59.0 Å². The molecular formula is C24H31N3O4S2. The molecule has 2 aromatic heterocycles. The molecule has 3 rings (SSSR count). The van der Waals surface area contributed by atoms with Crippen LogP contribution in [0.25, 0.3) is 11.1 Å². The number of hydrogen-bond donors (Lipinski definition) is 1. The Bertz CT molecular complexity index is 1180. The highest BCUT2D eigenvalue weighted by Crippen LogP contribution is 2.36. The van der Waals surface area contributed by atoms with Gasteiger partial charge in [0.15, 0.2) is 0 Å². The van der Waals surface area contributed by atoms with Crippen LogP contribution in [0.4, 0.5) is 4.79 Å². The number of imidazole rings is 1. The van der Waals surface area contributed by atoms with E-state index in [0.717, 1.165) is 34.7 Å². The molecule has 0 saturated carbocycles. The number of sulfonamides is 1. The number of rotatable bonds is 10. The molecule has 0 spiro atoms. The van der Waals surface area contributed by atoms with E-state index in [4.69, 9.17) is 4.74 Å². The number of amides is 1. The Kier molecular flexibility index (Phi) is 8.31. The quantitative estimate of drug-likeness (QED) is 0.386. The van der Waals surface area contributed by atoms with E-state index >= 15 is 0 Å². The van der Waals surface area contributed by atoms with Crippen LogP contribution in [0.15, 0.2) is 46.9 Å². The Hall–Kier alpha value is -2.65. The lowest BCUT2D eigenvalue weighted by Gasteiger charge is -2.09. The molecule has 0 aliphatic heterocycles. The van der Waals surface area contributed by atoms with E-state index < -0.39 is 16.1 Å². The van der Waals surface area contributed by atoms with Gasteiger partial charge in [0, 0.05) is 29.4 Å². The zero-order valence-corrected chi connectivity index (χ0v) is 21.1. The molecule has 0 radical (unpaired) electrons. The summed E-state index contributed by atoms with van der Waals surface area (Å²) in [6, 6.07) is 9.72. The molecule has 0 fully saturated rings. The molecule has 1 amide bonds. The van der Waals surface area contributed by atoms with Crippen LogP contribution < -0.4 is 4.72 Å². The van der Waals surface area contributed by atoms with Crippen LogP contribution in [0, 0.1) is 12.8 Å². The number of nitrogens with zero attached hydrogens (tertiary/aromatic N) is 2. The number of thiophene rings is 1. The average Bonchev–Trinajstić information content (AvgIpc) is 3.35. The second-order valence-corrected chi connectivity index (χ2v) is 11.4. The van der Waals surface area contributed by atoms with Crippen molar-refractivity contribution in [3.63, 3.8) is 0 Å². The maximum atomic E-state index is 13.1. The van der Waals surface area contributed by atoms with Gasteiger partial charge in [-0.2, -0.15) is 0 Å². The Morgan fingerprint density at radius 1 is 1.24 bits per heavy atom. The number of aromatic nitrogens is 2. The predicted molar refractivity (Wildman–Crippen MR) is 131 cm³/mol. The van der Waals surface area contributed by atoms with Crippen molar-refractivity contribution in [2.24, 2.45) is 5.92 Å². The lowest BCUT2D eigenvalue weighted by Crippen LogP contribution is -2.31. The molecular weight excluding hydrogens is 458 g/mol. The number of aryl methyl sites for hydroxylation is 1. The van der Waals surface area contributed by atoms with Crippen molar-refractivity contribution in [3.8, 4) is 11.1 Å². The van der Waals surface area contributed by atoms with Gasteiger partial charge < -0.3 is 9.30 Å². The Labute approximate surface area is 199 Å². The molecule has 0 saturated heterocycles. The maximum absolute atomic E-state index is 13.1. The van der Waals surface area contributed by atoms with Gasteiger partial charge in [-0.15, -0.1) is 11.3 Å². The number of benzene rings is 1. The van der Waals surface area contributed by atoms with Gasteiger partial charge in [-0.3, -0.25) is 0 Å². The number of nitrogens with one attached hydrogen (secondary N) is 1. The molecule has 2 heterocycles. The first-order chi connectivity index (χ1) is 15.7. The lowest BCUT2D eigenvalue weighted by atomic mass is 10.0. The van der Waals surface area contributed by atoms with Crippen LogP contribution >= 0.6 is 11.3 Å². The lowest BCUT2D eigenvalue weighted by molar-refractivity contribution is 0.151. The van der Waals surface area contributed by atoms with Crippen LogP contribution in [0.2, 0.25) is 0 Å². The average molecular weight is 490 g/mol. The van der Waals surface area contributed by atoms with E-state index in [2.05, 4.69) is 23.6 Å². The molecule has 0 atom stereocenters. The van der Waals surface area contributed by atoms with Crippen LogP contribution in [0.5, 0.6) is 0 Å². The third-order valence-electron chi connectivity index (χ3n) is 5.09.